The van der Waals surface area contributed by atoms with Crippen LogP contribution in [0, 0.1) is 0 Å². The van der Waals surface area contributed by atoms with Gasteiger partial charge in [0.2, 0.25) is 0 Å². The van der Waals surface area contributed by atoms with Crippen LogP contribution in [-0.2, 0) is 6.54 Å². The van der Waals surface area contributed by atoms with E-state index in [9.17, 15) is 0 Å². The number of rotatable bonds is 5. The molecule has 0 spiro atoms. The number of benzene rings is 2. The van der Waals surface area contributed by atoms with E-state index in [-0.39, 0.29) is 6.61 Å². The van der Waals surface area contributed by atoms with E-state index < -0.39 is 0 Å². The van der Waals surface area contributed by atoms with Gasteiger partial charge in [-0.25, -0.2) is 4.57 Å². The predicted molar refractivity (Wildman–Crippen MR) is 82.3 cm³/mol. The molecule has 1 heterocycles. The molecule has 0 bridgehead atoms. The molecule has 0 aliphatic carbocycles. The van der Waals surface area contributed by atoms with E-state index in [4.69, 9.17) is 9.84 Å². The minimum atomic E-state index is 0.0316. The van der Waals surface area contributed by atoms with E-state index in [1.165, 1.54) is 10.9 Å². The van der Waals surface area contributed by atoms with Gasteiger partial charge in [-0.2, -0.15) is 0 Å². The maximum absolute atomic E-state index is 8.79. The van der Waals surface area contributed by atoms with Crippen molar-refractivity contribution < 1.29 is 14.4 Å². The molecule has 106 valence electrons. The van der Waals surface area contributed by atoms with Crippen LogP contribution in [0.1, 0.15) is 5.56 Å². The Kier molecular flexibility index (Phi) is 4.12. The van der Waals surface area contributed by atoms with E-state index >= 15 is 0 Å². The lowest BCUT2D eigenvalue weighted by molar-refractivity contribution is -0.687. The average Bonchev–Trinajstić information content (AvgIpc) is 2.54. The summed E-state index contributed by atoms with van der Waals surface area (Å²) in [5.74, 6) is 0.789. The Hall–Kier alpha value is -2.39. The van der Waals surface area contributed by atoms with Crippen LogP contribution in [0.2, 0.25) is 0 Å². The summed E-state index contributed by atoms with van der Waals surface area (Å²) in [5.41, 5.74) is 1.28. The van der Waals surface area contributed by atoms with Crippen LogP contribution in [0.15, 0.2) is 67.0 Å². The quantitative estimate of drug-likeness (QED) is 0.729. The Morgan fingerprint density at radius 3 is 2.62 bits per heavy atom. The molecule has 0 aliphatic heterocycles. The first-order chi connectivity index (χ1) is 10.3. The minimum Gasteiger partial charge on any atom is -0.491 e. The molecule has 1 N–H and O–H groups in total. The van der Waals surface area contributed by atoms with Crippen molar-refractivity contribution >= 4 is 10.8 Å². The second-order valence-corrected chi connectivity index (χ2v) is 4.97. The van der Waals surface area contributed by atoms with Crippen LogP contribution in [0.3, 0.4) is 0 Å². The first kappa shape index (κ1) is 13.6. The zero-order chi connectivity index (χ0) is 14.5. The molecule has 3 rings (SSSR count). The van der Waals surface area contributed by atoms with E-state index in [1.807, 2.05) is 24.3 Å². The molecule has 1 aromatic heterocycles. The van der Waals surface area contributed by atoms with Crippen LogP contribution in [0.25, 0.3) is 10.8 Å². The lowest BCUT2D eigenvalue weighted by Gasteiger charge is -2.05. The Labute approximate surface area is 124 Å². The molecule has 3 nitrogen and oxygen atoms in total. The fourth-order valence-electron chi connectivity index (χ4n) is 2.36. The number of aromatic nitrogens is 1. The van der Waals surface area contributed by atoms with E-state index in [1.54, 1.807) is 0 Å². The highest BCUT2D eigenvalue weighted by molar-refractivity contribution is 5.82. The number of ether oxygens (including phenoxy) is 1. The van der Waals surface area contributed by atoms with Crippen molar-refractivity contribution in [3.05, 3.63) is 72.6 Å². The molecule has 0 saturated carbocycles. The number of aliphatic hydroxyl groups excluding tert-OH is 1. The lowest BCUT2D eigenvalue weighted by atomic mass is 10.1. The Bertz CT molecular complexity index is 726. The topological polar surface area (TPSA) is 33.3 Å². The first-order valence-electron chi connectivity index (χ1n) is 7.05. The smallest absolute Gasteiger partial charge is 0.176 e. The second-order valence-electron chi connectivity index (χ2n) is 4.97. The predicted octanol–water partition coefficient (Wildman–Crippen LogP) is 2.55. The van der Waals surface area contributed by atoms with E-state index in [0.29, 0.717) is 6.61 Å². The average molecular weight is 280 g/mol. The van der Waals surface area contributed by atoms with Gasteiger partial charge in [-0.3, -0.25) is 0 Å². The molecular weight excluding hydrogens is 262 g/mol. The molecule has 3 heteroatoms. The van der Waals surface area contributed by atoms with Crippen LogP contribution >= 0.6 is 0 Å². The summed E-state index contributed by atoms with van der Waals surface area (Å²) in [6.07, 6.45) is 4.21. The number of aliphatic hydroxyl groups is 1. The van der Waals surface area contributed by atoms with Crippen molar-refractivity contribution in [1.82, 2.24) is 0 Å². The summed E-state index contributed by atoms with van der Waals surface area (Å²) in [7, 11) is 0. The zero-order valence-corrected chi connectivity index (χ0v) is 11.8. The third-order valence-corrected chi connectivity index (χ3v) is 3.38. The van der Waals surface area contributed by atoms with Crippen LogP contribution < -0.4 is 9.30 Å². The van der Waals surface area contributed by atoms with Gasteiger partial charge in [0.1, 0.15) is 12.4 Å². The molecule has 21 heavy (non-hydrogen) atoms. The highest BCUT2D eigenvalue weighted by atomic mass is 16.5. The van der Waals surface area contributed by atoms with Crippen molar-refractivity contribution in [1.29, 1.82) is 0 Å². The van der Waals surface area contributed by atoms with Gasteiger partial charge in [-0.1, -0.05) is 30.3 Å². The van der Waals surface area contributed by atoms with Crippen molar-refractivity contribution in [2.24, 2.45) is 0 Å². The lowest BCUT2D eigenvalue weighted by Crippen LogP contribution is -2.33. The SMILES string of the molecule is OCCOc1ccc2c[n+](Cc3ccccc3)ccc2c1. The second kappa shape index (κ2) is 6.37. The number of hydrogen-bond donors (Lipinski definition) is 1. The Morgan fingerprint density at radius 1 is 0.952 bits per heavy atom. The largest absolute Gasteiger partial charge is 0.491 e. The minimum absolute atomic E-state index is 0.0316. The Balaban J connectivity index is 1.83. The molecule has 0 unspecified atom stereocenters. The highest BCUT2D eigenvalue weighted by Crippen LogP contribution is 2.19. The van der Waals surface area contributed by atoms with Gasteiger partial charge in [-0.15, -0.1) is 0 Å². The van der Waals surface area contributed by atoms with Gasteiger partial charge in [0.25, 0.3) is 0 Å². The summed E-state index contributed by atoms with van der Waals surface area (Å²) >= 11 is 0. The summed E-state index contributed by atoms with van der Waals surface area (Å²) in [6.45, 7) is 1.22. The summed E-state index contributed by atoms with van der Waals surface area (Å²) < 4.78 is 7.60. The van der Waals surface area contributed by atoms with Gasteiger partial charge in [0.15, 0.2) is 18.9 Å². The zero-order valence-electron chi connectivity index (χ0n) is 11.8. The van der Waals surface area contributed by atoms with Gasteiger partial charge < -0.3 is 9.84 Å². The first-order valence-corrected chi connectivity index (χ1v) is 7.05. The molecule has 0 aliphatic rings. The van der Waals surface area contributed by atoms with E-state index in [0.717, 1.165) is 17.7 Å². The molecule has 2 aromatic carbocycles. The normalized spacial score (nSPS) is 10.7. The van der Waals surface area contributed by atoms with Gasteiger partial charge in [0, 0.05) is 17.0 Å². The van der Waals surface area contributed by atoms with Gasteiger partial charge >= 0.3 is 0 Å². The number of fused-ring (bicyclic) bond motifs is 1. The van der Waals surface area contributed by atoms with Gasteiger partial charge in [0.05, 0.1) is 6.61 Å². The number of pyridine rings is 1. The molecule has 0 amide bonds. The monoisotopic (exact) mass is 280 g/mol. The van der Waals surface area contributed by atoms with Gasteiger partial charge in [-0.05, 0) is 23.6 Å². The Morgan fingerprint density at radius 2 is 1.81 bits per heavy atom. The van der Waals surface area contributed by atoms with Crippen LogP contribution in [-0.4, -0.2) is 18.3 Å². The summed E-state index contributed by atoms with van der Waals surface area (Å²) in [6, 6.07) is 18.5. The maximum atomic E-state index is 8.79. The highest BCUT2D eigenvalue weighted by Gasteiger charge is 2.05. The van der Waals surface area contributed by atoms with Crippen molar-refractivity contribution in [3.63, 3.8) is 0 Å². The summed E-state index contributed by atoms with van der Waals surface area (Å²) in [4.78, 5) is 0. The van der Waals surface area contributed by atoms with Crippen molar-refractivity contribution in [3.8, 4) is 5.75 Å². The summed E-state index contributed by atoms with van der Waals surface area (Å²) in [5, 5.41) is 11.1. The fraction of sp³-hybridized carbons (Fsp3) is 0.167. The standard InChI is InChI=1S/C18H18NO2/c20-10-11-21-18-7-6-17-14-19(9-8-16(17)12-18)13-15-4-2-1-3-5-15/h1-9,12,14,20H,10-11,13H2/q+1. The molecule has 0 atom stereocenters. The molecule has 3 aromatic rings. The third kappa shape index (κ3) is 3.38. The fourth-order valence-corrected chi connectivity index (χ4v) is 2.36. The van der Waals surface area contributed by atoms with Crippen LogP contribution in [0.5, 0.6) is 5.75 Å². The van der Waals surface area contributed by atoms with Crippen LogP contribution in [0.4, 0.5) is 0 Å². The molecule has 0 radical (unpaired) electrons. The van der Waals surface area contributed by atoms with Crippen molar-refractivity contribution in [2.75, 3.05) is 13.2 Å². The van der Waals surface area contributed by atoms with E-state index in [2.05, 4.69) is 47.3 Å². The third-order valence-electron chi connectivity index (χ3n) is 3.38. The molecule has 0 saturated heterocycles. The van der Waals surface area contributed by atoms with Crippen molar-refractivity contribution in [2.45, 2.75) is 6.54 Å². The maximum Gasteiger partial charge on any atom is 0.176 e. The molecule has 0 fully saturated rings. The number of hydrogen-bond acceptors (Lipinski definition) is 2. The molecular formula is C18H18NO2+. The number of nitrogens with zero attached hydrogens (tertiary/aromatic N) is 1.